The quantitative estimate of drug-likeness (QED) is 0.793. The molecule has 0 aliphatic heterocycles. The van der Waals surface area contributed by atoms with E-state index in [0.717, 1.165) is 5.56 Å². The van der Waals surface area contributed by atoms with Gasteiger partial charge in [-0.3, -0.25) is 4.79 Å². The van der Waals surface area contributed by atoms with E-state index in [4.69, 9.17) is 1.37 Å². The van der Waals surface area contributed by atoms with E-state index in [1.807, 2.05) is 19.1 Å². The van der Waals surface area contributed by atoms with E-state index in [0.29, 0.717) is 23.8 Å². The van der Waals surface area contributed by atoms with Crippen molar-refractivity contribution >= 4 is 21.6 Å². The molecule has 0 radical (unpaired) electrons. The Labute approximate surface area is 150 Å². The van der Waals surface area contributed by atoms with Gasteiger partial charge in [0.25, 0.3) is 5.91 Å². The van der Waals surface area contributed by atoms with Crippen LogP contribution in [0.3, 0.4) is 0 Å². The molecular formula is C19H24N2O3S. The summed E-state index contributed by atoms with van der Waals surface area (Å²) in [5, 5.41) is 2.34. The largest absolute Gasteiger partial charge is 0.322 e. The zero-order valence-electron chi connectivity index (χ0n) is 15.6. The molecule has 0 bridgehead atoms. The number of carbonyl (C=O) groups excluding carboxylic acids is 1. The van der Waals surface area contributed by atoms with Crippen molar-refractivity contribution in [2.45, 2.75) is 31.9 Å². The highest BCUT2D eigenvalue weighted by Gasteiger charge is 2.17. The predicted molar refractivity (Wildman–Crippen MR) is 101 cm³/mol. The third kappa shape index (κ3) is 5.41. The summed E-state index contributed by atoms with van der Waals surface area (Å²) in [4.78, 5) is 12.2. The molecule has 0 aliphatic carbocycles. The van der Waals surface area contributed by atoms with E-state index < -0.39 is 15.3 Å². The van der Waals surface area contributed by atoms with Crippen molar-refractivity contribution in [1.82, 2.24) is 4.72 Å². The maximum atomic E-state index is 12.2. The van der Waals surface area contributed by atoms with Crippen molar-refractivity contribution < 1.29 is 14.6 Å². The Bertz CT molecular complexity index is 847. The topological polar surface area (TPSA) is 75.3 Å². The molecule has 2 aromatic carbocycles. The summed E-state index contributed by atoms with van der Waals surface area (Å²) >= 11 is 0. The lowest BCUT2D eigenvalue weighted by Crippen LogP contribution is -2.33. The Balaban J connectivity index is 1.97. The lowest BCUT2D eigenvalue weighted by molar-refractivity contribution is 0.102. The van der Waals surface area contributed by atoms with Gasteiger partial charge in [0.15, 0.2) is 0 Å². The summed E-state index contributed by atoms with van der Waals surface area (Å²) < 4.78 is 33.7. The first-order valence-electron chi connectivity index (χ1n) is 8.65. The van der Waals surface area contributed by atoms with Crippen molar-refractivity contribution in [2.24, 2.45) is 0 Å². The van der Waals surface area contributed by atoms with E-state index in [1.165, 1.54) is 0 Å². The molecule has 25 heavy (non-hydrogen) atoms. The number of nitrogens with one attached hydrogen (secondary N) is 2. The third-order valence-electron chi connectivity index (χ3n) is 3.93. The predicted octanol–water partition coefficient (Wildman–Crippen LogP) is 3.37. The van der Waals surface area contributed by atoms with Gasteiger partial charge in [-0.1, -0.05) is 37.2 Å². The standard InChI is InChI=1S/C19H24N2O3S/c1-14(2)25(23,24)20-13-15(3)16-9-11-18(12-10-16)21-19(22)17-7-5-4-6-8-17/h4-12,14-15,20H,13H2,1-3H3,(H,21,22)/i4T. The smallest absolute Gasteiger partial charge is 0.255 e. The van der Waals surface area contributed by atoms with Gasteiger partial charge in [0.05, 0.1) is 6.62 Å². The molecule has 1 unspecified atom stereocenters. The first kappa shape index (κ1) is 17.6. The van der Waals surface area contributed by atoms with Crippen LogP contribution in [0.1, 0.15) is 44.0 Å². The van der Waals surface area contributed by atoms with Gasteiger partial charge in [0, 0.05) is 17.8 Å². The van der Waals surface area contributed by atoms with Crippen LogP contribution in [0, 0.1) is 0 Å². The molecule has 2 rings (SSSR count). The molecule has 6 heteroatoms. The number of anilines is 1. The van der Waals surface area contributed by atoms with Crippen LogP contribution in [0.4, 0.5) is 5.69 Å². The van der Waals surface area contributed by atoms with Crippen molar-refractivity contribution in [2.75, 3.05) is 11.9 Å². The molecule has 0 aromatic heterocycles. The Kier molecular flexibility index (Phi) is 5.83. The average molecular weight is 362 g/mol. The number of rotatable bonds is 7. The second kappa shape index (κ2) is 8.27. The Morgan fingerprint density at radius 3 is 2.24 bits per heavy atom. The minimum Gasteiger partial charge on any atom is -0.322 e. The number of hydrogen-bond acceptors (Lipinski definition) is 3. The minimum atomic E-state index is -3.28. The zero-order valence-corrected chi connectivity index (χ0v) is 15.4. The lowest BCUT2D eigenvalue weighted by Gasteiger charge is -2.15. The van der Waals surface area contributed by atoms with E-state index in [2.05, 4.69) is 10.0 Å². The molecule has 1 atom stereocenters. The van der Waals surface area contributed by atoms with Crippen LogP contribution >= 0.6 is 0 Å². The summed E-state index contributed by atoms with van der Waals surface area (Å²) in [5.74, 6) is -0.228. The normalized spacial score (nSPS) is 13.4. The lowest BCUT2D eigenvalue weighted by atomic mass is 10.0. The van der Waals surface area contributed by atoms with Gasteiger partial charge in [-0.05, 0) is 49.6 Å². The molecule has 0 aliphatic rings. The SMILES string of the molecule is [3H]c1ccc(C(=O)Nc2ccc(C(C)CNS(=O)(=O)C(C)C)cc2)cc1. The number of sulfonamides is 1. The van der Waals surface area contributed by atoms with E-state index in [-0.39, 0.29) is 11.8 Å². The minimum absolute atomic E-state index is 0.0119. The van der Waals surface area contributed by atoms with E-state index in [1.54, 1.807) is 50.2 Å². The molecule has 1 amide bonds. The molecule has 0 fully saturated rings. The number of hydrogen-bond donors (Lipinski definition) is 2. The van der Waals surface area contributed by atoms with Crippen molar-refractivity contribution in [1.29, 1.82) is 0 Å². The highest BCUT2D eigenvalue weighted by atomic mass is 32.2. The Morgan fingerprint density at radius 1 is 1.08 bits per heavy atom. The van der Waals surface area contributed by atoms with E-state index >= 15 is 0 Å². The highest BCUT2D eigenvalue weighted by molar-refractivity contribution is 7.90. The van der Waals surface area contributed by atoms with Gasteiger partial charge in [0.2, 0.25) is 10.0 Å². The van der Waals surface area contributed by atoms with Crippen molar-refractivity contribution in [3.05, 3.63) is 65.7 Å². The van der Waals surface area contributed by atoms with Gasteiger partial charge in [0.1, 0.15) is 0 Å². The molecule has 2 aromatic rings. The summed E-state index contributed by atoms with van der Waals surface area (Å²) in [6, 6.07) is 14.0. The average Bonchev–Trinajstić information content (AvgIpc) is 2.60. The monoisotopic (exact) mass is 362 g/mol. The van der Waals surface area contributed by atoms with Crippen LogP contribution in [-0.4, -0.2) is 26.1 Å². The van der Waals surface area contributed by atoms with Gasteiger partial charge >= 0.3 is 0 Å². The van der Waals surface area contributed by atoms with Crippen LogP contribution < -0.4 is 10.0 Å². The maximum Gasteiger partial charge on any atom is 0.255 e. The van der Waals surface area contributed by atoms with Crippen LogP contribution in [0.5, 0.6) is 0 Å². The second-order valence-electron chi connectivity index (χ2n) is 6.21. The third-order valence-corrected chi connectivity index (χ3v) is 5.74. The fourth-order valence-corrected chi connectivity index (χ4v) is 2.98. The zero-order chi connectivity index (χ0) is 19.3. The number of amides is 1. The van der Waals surface area contributed by atoms with Gasteiger partial charge in [-0.15, -0.1) is 0 Å². The van der Waals surface area contributed by atoms with Crippen molar-refractivity contribution in [3.8, 4) is 0 Å². The fourth-order valence-electron chi connectivity index (χ4n) is 2.16. The maximum absolute atomic E-state index is 12.2. The molecule has 2 N–H and O–H groups in total. The highest BCUT2D eigenvalue weighted by Crippen LogP contribution is 2.18. The van der Waals surface area contributed by atoms with Crippen LogP contribution in [0.2, 0.25) is 0 Å². The van der Waals surface area contributed by atoms with Gasteiger partial charge < -0.3 is 5.32 Å². The second-order valence-corrected chi connectivity index (χ2v) is 8.53. The first-order valence-corrected chi connectivity index (χ1v) is 9.70. The van der Waals surface area contributed by atoms with Crippen LogP contribution in [0.15, 0.2) is 54.6 Å². The van der Waals surface area contributed by atoms with Crippen LogP contribution in [-0.2, 0) is 10.0 Å². The summed E-state index contributed by atoms with van der Waals surface area (Å²) in [6.07, 6.45) is 0. The fraction of sp³-hybridized carbons (Fsp3) is 0.316. The van der Waals surface area contributed by atoms with Crippen LogP contribution in [0.25, 0.3) is 0 Å². The summed E-state index contributed by atoms with van der Waals surface area (Å²) in [6.45, 7) is 5.55. The van der Waals surface area contributed by atoms with E-state index in [9.17, 15) is 13.2 Å². The van der Waals surface area contributed by atoms with Crippen molar-refractivity contribution in [3.63, 3.8) is 0 Å². The summed E-state index contributed by atoms with van der Waals surface area (Å²) in [5.41, 5.74) is 2.12. The molecule has 0 saturated heterocycles. The number of carbonyl (C=O) groups is 1. The first-order chi connectivity index (χ1) is 12.2. The Morgan fingerprint density at radius 2 is 1.68 bits per heavy atom. The van der Waals surface area contributed by atoms with Gasteiger partial charge in [-0.2, -0.15) is 0 Å². The molecule has 134 valence electrons. The molecule has 0 saturated carbocycles. The molecule has 0 spiro atoms. The molecule has 5 nitrogen and oxygen atoms in total. The Hall–Kier alpha value is -2.18. The number of benzene rings is 2. The summed E-state index contributed by atoms with van der Waals surface area (Å²) in [7, 11) is -3.28. The molecular weight excluding hydrogens is 336 g/mol. The molecule has 0 heterocycles. The van der Waals surface area contributed by atoms with Gasteiger partial charge in [-0.25, -0.2) is 13.1 Å².